The number of nitrogens with zero attached hydrogens (tertiary/aromatic N) is 1. The van der Waals surface area contributed by atoms with Crippen LogP contribution in [0, 0.1) is 0 Å². The second-order valence-corrected chi connectivity index (χ2v) is 5.53. The molecule has 0 aliphatic heterocycles. The summed E-state index contributed by atoms with van der Waals surface area (Å²) in [5.41, 5.74) is 0. The zero-order valence-electron chi connectivity index (χ0n) is 11.0. The Bertz CT molecular complexity index is 295. The SMILES string of the molecule is CCCN(C(=O)N[C@@H](CCSC)C(=O)O)C1CC1. The van der Waals surface area contributed by atoms with Crippen LogP contribution in [0.4, 0.5) is 4.79 Å². The normalized spacial score (nSPS) is 16.1. The molecular formula is C12H22N2O3S. The summed E-state index contributed by atoms with van der Waals surface area (Å²) in [5, 5.41) is 11.7. The molecule has 0 aromatic rings. The smallest absolute Gasteiger partial charge is 0.326 e. The molecule has 0 radical (unpaired) electrons. The summed E-state index contributed by atoms with van der Waals surface area (Å²) in [5.74, 6) is -0.223. The minimum absolute atomic E-state index is 0.229. The number of amides is 2. The maximum Gasteiger partial charge on any atom is 0.326 e. The number of thioether (sulfide) groups is 1. The van der Waals surface area contributed by atoms with Crippen LogP contribution >= 0.6 is 11.8 Å². The Morgan fingerprint density at radius 1 is 1.50 bits per heavy atom. The highest BCUT2D eigenvalue weighted by Crippen LogP contribution is 2.27. The highest BCUT2D eigenvalue weighted by molar-refractivity contribution is 7.98. The van der Waals surface area contributed by atoms with Crippen molar-refractivity contribution < 1.29 is 14.7 Å². The first kappa shape index (κ1) is 15.1. The van der Waals surface area contributed by atoms with E-state index in [4.69, 9.17) is 5.11 Å². The van der Waals surface area contributed by atoms with Crippen LogP contribution in [0.1, 0.15) is 32.6 Å². The van der Waals surface area contributed by atoms with E-state index < -0.39 is 12.0 Å². The number of carbonyl (C=O) groups excluding carboxylic acids is 1. The van der Waals surface area contributed by atoms with Gasteiger partial charge in [-0.1, -0.05) is 6.92 Å². The summed E-state index contributed by atoms with van der Waals surface area (Å²) >= 11 is 1.58. The number of urea groups is 1. The second kappa shape index (κ2) is 7.51. The number of nitrogens with one attached hydrogen (secondary N) is 1. The van der Waals surface area contributed by atoms with Crippen molar-refractivity contribution in [2.24, 2.45) is 0 Å². The fourth-order valence-corrected chi connectivity index (χ4v) is 2.27. The van der Waals surface area contributed by atoms with Crippen molar-refractivity contribution in [1.82, 2.24) is 10.2 Å². The predicted molar refractivity (Wildman–Crippen MR) is 73.0 cm³/mol. The highest BCUT2D eigenvalue weighted by Gasteiger charge is 2.33. The van der Waals surface area contributed by atoms with Gasteiger partial charge in [0.15, 0.2) is 0 Å². The van der Waals surface area contributed by atoms with Gasteiger partial charge < -0.3 is 15.3 Å². The van der Waals surface area contributed by atoms with E-state index in [1.807, 2.05) is 13.2 Å². The minimum atomic E-state index is -0.954. The van der Waals surface area contributed by atoms with E-state index in [9.17, 15) is 9.59 Å². The maximum atomic E-state index is 12.0. The average molecular weight is 274 g/mol. The molecule has 0 spiro atoms. The van der Waals surface area contributed by atoms with Crippen molar-refractivity contribution in [1.29, 1.82) is 0 Å². The first-order chi connectivity index (χ1) is 8.60. The molecule has 104 valence electrons. The monoisotopic (exact) mass is 274 g/mol. The predicted octanol–water partition coefficient (Wildman–Crippen LogP) is 1.78. The van der Waals surface area contributed by atoms with Crippen LogP contribution in [0.15, 0.2) is 0 Å². The Balaban J connectivity index is 2.49. The molecule has 5 nitrogen and oxygen atoms in total. The van der Waals surface area contributed by atoms with Crippen LogP contribution in [0.5, 0.6) is 0 Å². The fourth-order valence-electron chi connectivity index (χ4n) is 1.80. The first-order valence-electron chi connectivity index (χ1n) is 6.39. The van der Waals surface area contributed by atoms with E-state index in [0.717, 1.165) is 25.0 Å². The van der Waals surface area contributed by atoms with Gasteiger partial charge in [-0.15, -0.1) is 0 Å². The summed E-state index contributed by atoms with van der Waals surface area (Å²) in [6, 6.07) is -0.684. The highest BCUT2D eigenvalue weighted by atomic mass is 32.2. The lowest BCUT2D eigenvalue weighted by atomic mass is 10.2. The number of hydrogen-bond donors (Lipinski definition) is 2. The Labute approximate surface area is 112 Å². The van der Waals surface area contributed by atoms with Gasteiger partial charge in [-0.05, 0) is 37.7 Å². The third-order valence-electron chi connectivity index (χ3n) is 2.92. The molecule has 1 aliphatic rings. The quantitative estimate of drug-likeness (QED) is 0.708. The largest absolute Gasteiger partial charge is 0.480 e. The number of carbonyl (C=O) groups is 2. The van der Waals surface area contributed by atoms with Crippen LogP contribution in [0.2, 0.25) is 0 Å². The summed E-state index contributed by atoms with van der Waals surface area (Å²) in [7, 11) is 0. The summed E-state index contributed by atoms with van der Waals surface area (Å²) in [6.45, 7) is 2.72. The average Bonchev–Trinajstić information content (AvgIpc) is 3.14. The molecule has 1 rings (SSSR count). The van der Waals surface area contributed by atoms with Crippen LogP contribution in [0.25, 0.3) is 0 Å². The van der Waals surface area contributed by atoms with Crippen molar-refractivity contribution in [3.8, 4) is 0 Å². The zero-order chi connectivity index (χ0) is 13.5. The van der Waals surface area contributed by atoms with E-state index in [1.54, 1.807) is 16.7 Å². The lowest BCUT2D eigenvalue weighted by molar-refractivity contribution is -0.139. The van der Waals surface area contributed by atoms with Crippen molar-refractivity contribution in [3.63, 3.8) is 0 Å². The van der Waals surface area contributed by atoms with Crippen LogP contribution in [-0.4, -0.2) is 52.6 Å². The van der Waals surface area contributed by atoms with Crippen LogP contribution in [0.3, 0.4) is 0 Å². The van der Waals surface area contributed by atoms with Gasteiger partial charge in [0.2, 0.25) is 0 Å². The number of aliphatic carboxylic acids is 1. The minimum Gasteiger partial charge on any atom is -0.480 e. The lowest BCUT2D eigenvalue weighted by Gasteiger charge is -2.24. The van der Waals surface area contributed by atoms with Crippen molar-refractivity contribution in [2.75, 3.05) is 18.6 Å². The molecule has 18 heavy (non-hydrogen) atoms. The zero-order valence-corrected chi connectivity index (χ0v) is 11.8. The molecular weight excluding hydrogens is 252 g/mol. The molecule has 1 aliphatic carbocycles. The van der Waals surface area contributed by atoms with Gasteiger partial charge in [0.05, 0.1) is 0 Å². The van der Waals surface area contributed by atoms with Gasteiger partial charge in [-0.25, -0.2) is 9.59 Å². The molecule has 0 aromatic heterocycles. The third kappa shape index (κ3) is 4.76. The first-order valence-corrected chi connectivity index (χ1v) is 7.78. The fraction of sp³-hybridized carbons (Fsp3) is 0.833. The van der Waals surface area contributed by atoms with Gasteiger partial charge in [0, 0.05) is 12.6 Å². The Morgan fingerprint density at radius 3 is 2.61 bits per heavy atom. The van der Waals surface area contributed by atoms with Gasteiger partial charge in [-0.2, -0.15) is 11.8 Å². The number of hydrogen-bond acceptors (Lipinski definition) is 3. The van der Waals surface area contributed by atoms with Gasteiger partial charge in [0.1, 0.15) is 6.04 Å². The number of rotatable bonds is 8. The van der Waals surface area contributed by atoms with E-state index in [2.05, 4.69) is 5.32 Å². The molecule has 1 saturated carbocycles. The maximum absolute atomic E-state index is 12.0. The number of carboxylic acid groups (broad SMARTS) is 1. The van der Waals surface area contributed by atoms with Crippen molar-refractivity contribution >= 4 is 23.8 Å². The molecule has 0 aromatic carbocycles. The topological polar surface area (TPSA) is 69.6 Å². The van der Waals surface area contributed by atoms with Gasteiger partial charge in [0.25, 0.3) is 0 Å². The van der Waals surface area contributed by atoms with E-state index in [0.29, 0.717) is 19.0 Å². The van der Waals surface area contributed by atoms with Crippen LogP contribution in [-0.2, 0) is 4.79 Å². The molecule has 0 bridgehead atoms. The summed E-state index contributed by atoms with van der Waals surface area (Å²) in [4.78, 5) is 24.9. The van der Waals surface area contributed by atoms with Crippen molar-refractivity contribution in [2.45, 2.75) is 44.7 Å². The van der Waals surface area contributed by atoms with E-state index >= 15 is 0 Å². The molecule has 0 unspecified atom stereocenters. The standard InChI is InChI=1S/C12H22N2O3S/c1-3-7-14(9-4-5-9)12(17)13-10(11(15)16)6-8-18-2/h9-10H,3-8H2,1-2H3,(H,13,17)(H,15,16)/t10-/m0/s1. The summed E-state index contributed by atoms with van der Waals surface area (Å²) < 4.78 is 0. The third-order valence-corrected chi connectivity index (χ3v) is 3.56. The lowest BCUT2D eigenvalue weighted by Crippen LogP contribution is -2.49. The molecule has 1 atom stereocenters. The molecule has 2 N–H and O–H groups in total. The number of carboxylic acids is 1. The molecule has 1 fully saturated rings. The summed E-state index contributed by atoms with van der Waals surface area (Å²) in [6.07, 6.45) is 5.36. The van der Waals surface area contributed by atoms with Crippen LogP contribution < -0.4 is 5.32 Å². The Hall–Kier alpha value is -0.910. The van der Waals surface area contributed by atoms with Gasteiger partial charge >= 0.3 is 12.0 Å². The molecule has 0 heterocycles. The Kier molecular flexibility index (Phi) is 6.32. The molecule has 2 amide bonds. The van der Waals surface area contributed by atoms with E-state index in [1.165, 1.54) is 0 Å². The van der Waals surface area contributed by atoms with E-state index in [-0.39, 0.29) is 6.03 Å². The molecule has 0 saturated heterocycles. The van der Waals surface area contributed by atoms with Crippen molar-refractivity contribution in [3.05, 3.63) is 0 Å². The van der Waals surface area contributed by atoms with Gasteiger partial charge in [-0.3, -0.25) is 0 Å². The Morgan fingerprint density at radius 2 is 2.17 bits per heavy atom. The second-order valence-electron chi connectivity index (χ2n) is 4.55. The molecule has 6 heteroatoms.